The standard InChI is InChI=1S/C20H23NO4S/c1-25-14-15-5-4-6-16(13-15)20(22)21-17-9-11-19(12-10-17)26(23,24)18-7-2-3-8-18/h4-6,9-13,18H,2-3,7-8,14H2,1H3,(H,21,22). The van der Waals surface area contributed by atoms with Crippen LogP contribution in [0.3, 0.4) is 0 Å². The first-order chi connectivity index (χ1) is 12.5. The van der Waals surface area contributed by atoms with Crippen LogP contribution in [-0.2, 0) is 21.2 Å². The molecular formula is C20H23NO4S. The van der Waals surface area contributed by atoms with Crippen LogP contribution in [0.15, 0.2) is 53.4 Å². The number of hydrogen-bond acceptors (Lipinski definition) is 4. The second-order valence-corrected chi connectivity index (χ2v) is 8.79. The maximum Gasteiger partial charge on any atom is 0.255 e. The summed E-state index contributed by atoms with van der Waals surface area (Å²) in [5.41, 5.74) is 2.01. The molecule has 1 aliphatic rings. The zero-order valence-corrected chi connectivity index (χ0v) is 15.6. The Bertz CT molecular complexity index is 869. The summed E-state index contributed by atoms with van der Waals surface area (Å²) in [5, 5.41) is 2.53. The van der Waals surface area contributed by atoms with Crippen molar-refractivity contribution in [1.82, 2.24) is 0 Å². The number of carbonyl (C=O) groups is 1. The van der Waals surface area contributed by atoms with Gasteiger partial charge < -0.3 is 10.1 Å². The highest BCUT2D eigenvalue weighted by molar-refractivity contribution is 7.92. The van der Waals surface area contributed by atoms with Crippen LogP contribution >= 0.6 is 0 Å². The highest BCUT2D eigenvalue weighted by atomic mass is 32.2. The van der Waals surface area contributed by atoms with E-state index in [0.29, 0.717) is 22.8 Å². The van der Waals surface area contributed by atoms with Crippen molar-refractivity contribution in [3.63, 3.8) is 0 Å². The number of sulfone groups is 1. The normalized spacial score (nSPS) is 15.1. The largest absolute Gasteiger partial charge is 0.380 e. The first-order valence-corrected chi connectivity index (χ1v) is 10.3. The van der Waals surface area contributed by atoms with Crippen molar-refractivity contribution in [2.24, 2.45) is 0 Å². The number of benzene rings is 2. The molecule has 0 bridgehead atoms. The van der Waals surface area contributed by atoms with Crippen LogP contribution in [0, 0.1) is 0 Å². The van der Waals surface area contributed by atoms with Crippen molar-refractivity contribution in [3.8, 4) is 0 Å². The van der Waals surface area contributed by atoms with Gasteiger partial charge in [-0.2, -0.15) is 0 Å². The first-order valence-electron chi connectivity index (χ1n) is 8.74. The van der Waals surface area contributed by atoms with Crippen molar-refractivity contribution in [1.29, 1.82) is 0 Å². The van der Waals surface area contributed by atoms with Crippen LogP contribution in [0.2, 0.25) is 0 Å². The van der Waals surface area contributed by atoms with Gasteiger partial charge in [0.05, 0.1) is 16.8 Å². The van der Waals surface area contributed by atoms with Crippen LogP contribution in [-0.4, -0.2) is 26.7 Å². The molecule has 5 nitrogen and oxygen atoms in total. The molecule has 0 spiro atoms. The summed E-state index contributed by atoms with van der Waals surface area (Å²) < 4.78 is 30.3. The van der Waals surface area contributed by atoms with Gasteiger partial charge in [0, 0.05) is 18.4 Å². The number of anilines is 1. The minimum atomic E-state index is -3.27. The lowest BCUT2D eigenvalue weighted by Crippen LogP contribution is -2.18. The SMILES string of the molecule is COCc1cccc(C(=O)Nc2ccc(S(=O)(=O)C3CCCC3)cc2)c1. The Labute approximate surface area is 154 Å². The van der Waals surface area contributed by atoms with Crippen molar-refractivity contribution >= 4 is 21.4 Å². The number of nitrogens with one attached hydrogen (secondary N) is 1. The summed E-state index contributed by atoms with van der Waals surface area (Å²) >= 11 is 0. The molecule has 0 radical (unpaired) electrons. The van der Waals surface area contributed by atoms with Crippen molar-refractivity contribution < 1.29 is 17.9 Å². The molecule has 138 valence electrons. The number of hydrogen-bond donors (Lipinski definition) is 1. The maximum atomic E-state index is 12.6. The van der Waals surface area contributed by atoms with E-state index in [0.717, 1.165) is 31.2 Å². The van der Waals surface area contributed by atoms with Gasteiger partial charge in [-0.05, 0) is 54.8 Å². The Hall–Kier alpha value is -2.18. The van der Waals surface area contributed by atoms with E-state index >= 15 is 0 Å². The van der Waals surface area contributed by atoms with E-state index < -0.39 is 9.84 Å². The lowest BCUT2D eigenvalue weighted by atomic mass is 10.1. The van der Waals surface area contributed by atoms with Crippen LogP contribution in [0.25, 0.3) is 0 Å². The molecule has 0 saturated heterocycles. The average Bonchev–Trinajstić information content (AvgIpc) is 3.18. The zero-order chi connectivity index (χ0) is 18.6. The van der Waals surface area contributed by atoms with Crippen LogP contribution in [0.4, 0.5) is 5.69 Å². The van der Waals surface area contributed by atoms with Gasteiger partial charge in [-0.3, -0.25) is 4.79 Å². The molecule has 26 heavy (non-hydrogen) atoms. The van der Waals surface area contributed by atoms with Gasteiger partial charge in [0.25, 0.3) is 5.91 Å². The predicted molar refractivity (Wildman–Crippen MR) is 101 cm³/mol. The maximum absolute atomic E-state index is 12.6. The van der Waals surface area contributed by atoms with Crippen LogP contribution < -0.4 is 5.32 Å². The molecule has 0 atom stereocenters. The molecule has 6 heteroatoms. The minimum Gasteiger partial charge on any atom is -0.380 e. The van der Waals surface area contributed by atoms with Crippen LogP contribution in [0.1, 0.15) is 41.6 Å². The fraction of sp³-hybridized carbons (Fsp3) is 0.350. The minimum absolute atomic E-state index is 0.241. The lowest BCUT2D eigenvalue weighted by molar-refractivity contribution is 0.102. The third-order valence-corrected chi connectivity index (χ3v) is 6.96. The van der Waals surface area contributed by atoms with E-state index in [1.54, 1.807) is 49.6 Å². The molecule has 1 N–H and O–H groups in total. The van der Waals surface area contributed by atoms with Crippen molar-refractivity contribution in [2.75, 3.05) is 12.4 Å². The monoisotopic (exact) mass is 373 g/mol. The molecule has 2 aromatic carbocycles. The number of rotatable bonds is 6. The van der Waals surface area contributed by atoms with Crippen molar-refractivity contribution in [3.05, 3.63) is 59.7 Å². The van der Waals surface area contributed by atoms with Crippen LogP contribution in [0.5, 0.6) is 0 Å². The van der Waals surface area contributed by atoms with E-state index in [-0.39, 0.29) is 11.2 Å². The molecule has 0 heterocycles. The number of carbonyl (C=O) groups excluding carboxylic acids is 1. The molecular weight excluding hydrogens is 350 g/mol. The summed E-state index contributed by atoms with van der Waals surface area (Å²) in [4.78, 5) is 12.7. The summed E-state index contributed by atoms with van der Waals surface area (Å²) in [5.74, 6) is -0.241. The molecule has 2 aromatic rings. The predicted octanol–water partition coefficient (Wildman–Crippen LogP) is 3.80. The average molecular weight is 373 g/mol. The van der Waals surface area contributed by atoms with Gasteiger partial charge in [0.15, 0.2) is 9.84 Å². The fourth-order valence-electron chi connectivity index (χ4n) is 3.29. The van der Waals surface area contributed by atoms with Gasteiger partial charge >= 0.3 is 0 Å². The Balaban J connectivity index is 1.71. The third kappa shape index (κ3) is 4.14. The second kappa shape index (κ2) is 8.01. The van der Waals surface area contributed by atoms with Gasteiger partial charge in [-0.15, -0.1) is 0 Å². The summed E-state index contributed by atoms with van der Waals surface area (Å²) in [6.07, 6.45) is 3.41. The Morgan fingerprint density at radius 2 is 1.81 bits per heavy atom. The van der Waals surface area contributed by atoms with E-state index in [9.17, 15) is 13.2 Å². The molecule has 1 saturated carbocycles. The highest BCUT2D eigenvalue weighted by Crippen LogP contribution is 2.30. The van der Waals surface area contributed by atoms with Gasteiger partial charge in [-0.25, -0.2) is 8.42 Å². The summed E-state index contributed by atoms with van der Waals surface area (Å²) in [6, 6.07) is 13.6. The molecule has 0 unspecified atom stereocenters. The van der Waals surface area contributed by atoms with Gasteiger partial charge in [0.2, 0.25) is 0 Å². The number of amides is 1. The Morgan fingerprint density at radius 3 is 2.46 bits per heavy atom. The second-order valence-electron chi connectivity index (χ2n) is 6.56. The summed E-state index contributed by atoms with van der Waals surface area (Å²) in [7, 11) is -1.67. The fourth-order valence-corrected chi connectivity index (χ4v) is 5.15. The highest BCUT2D eigenvalue weighted by Gasteiger charge is 2.30. The summed E-state index contributed by atoms with van der Waals surface area (Å²) in [6.45, 7) is 0.439. The van der Waals surface area contributed by atoms with E-state index in [4.69, 9.17) is 4.74 Å². The van der Waals surface area contributed by atoms with Gasteiger partial charge in [0.1, 0.15) is 0 Å². The Morgan fingerprint density at radius 1 is 1.12 bits per heavy atom. The Kier molecular flexibility index (Phi) is 5.74. The van der Waals surface area contributed by atoms with E-state index in [1.165, 1.54) is 0 Å². The molecule has 1 fully saturated rings. The molecule has 1 amide bonds. The zero-order valence-electron chi connectivity index (χ0n) is 14.8. The quantitative estimate of drug-likeness (QED) is 0.836. The smallest absolute Gasteiger partial charge is 0.255 e. The van der Waals surface area contributed by atoms with E-state index in [1.807, 2.05) is 6.07 Å². The number of methoxy groups -OCH3 is 1. The lowest BCUT2D eigenvalue weighted by Gasteiger charge is -2.12. The first kappa shape index (κ1) is 18.6. The molecule has 1 aliphatic carbocycles. The van der Waals surface area contributed by atoms with E-state index in [2.05, 4.69) is 5.32 Å². The van der Waals surface area contributed by atoms with Gasteiger partial charge in [-0.1, -0.05) is 25.0 Å². The number of ether oxygens (including phenoxy) is 1. The molecule has 0 aliphatic heterocycles. The molecule has 0 aromatic heterocycles. The molecule has 3 rings (SSSR count). The topological polar surface area (TPSA) is 72.5 Å². The van der Waals surface area contributed by atoms with Crippen molar-refractivity contribution in [2.45, 2.75) is 42.4 Å². The third-order valence-electron chi connectivity index (χ3n) is 4.68.